The Morgan fingerprint density at radius 2 is 2.07 bits per heavy atom. The predicted molar refractivity (Wildman–Crippen MR) is 102 cm³/mol. The summed E-state index contributed by atoms with van der Waals surface area (Å²) in [7, 11) is 0. The first-order valence-electron chi connectivity index (χ1n) is 10.0. The van der Waals surface area contributed by atoms with Crippen molar-refractivity contribution in [3.8, 4) is 0 Å². The van der Waals surface area contributed by atoms with Crippen LogP contribution in [0.2, 0.25) is 0 Å². The number of hydrogen-bond acceptors (Lipinski definition) is 5. The zero-order chi connectivity index (χ0) is 20.7. The topological polar surface area (TPSA) is 89.9 Å². The Kier molecular flexibility index (Phi) is 5.43. The van der Waals surface area contributed by atoms with Crippen molar-refractivity contribution in [3.63, 3.8) is 0 Å². The zero-order valence-corrected chi connectivity index (χ0v) is 17.1. The number of carbonyl (C=O) groups is 3. The summed E-state index contributed by atoms with van der Waals surface area (Å²) in [5.41, 5.74) is 1.50. The maximum absolute atomic E-state index is 12.1. The molecule has 0 amide bonds. The number of aliphatic carboxylic acids is 1. The third-order valence-corrected chi connectivity index (χ3v) is 7.44. The summed E-state index contributed by atoms with van der Waals surface area (Å²) in [6, 6.07) is 0. The molecule has 6 nitrogen and oxygen atoms in total. The molecule has 0 bridgehead atoms. The maximum atomic E-state index is 12.1. The maximum Gasteiger partial charge on any atom is 0.331 e. The number of hydrogen-bond donors (Lipinski definition) is 1. The van der Waals surface area contributed by atoms with Gasteiger partial charge >= 0.3 is 17.9 Å². The standard InChI is InChI=1S/C22H30O6/c1-13-9-16(28-14(2)23)11-18-21(13,3)8-6-17(20(25)26)22(18,4)7-5-15-10-19(24)27-12-15/h9-10,16-18H,5-8,11-12H2,1-4H3,(H,25,26). The number of cyclic esters (lactones) is 1. The van der Waals surface area contributed by atoms with Gasteiger partial charge in [-0.05, 0) is 67.4 Å². The first kappa shape index (κ1) is 20.6. The number of ether oxygens (including phenoxy) is 2. The summed E-state index contributed by atoms with van der Waals surface area (Å²) in [6.45, 7) is 8.04. The van der Waals surface area contributed by atoms with E-state index in [1.54, 1.807) is 0 Å². The highest BCUT2D eigenvalue weighted by molar-refractivity contribution is 5.85. The lowest BCUT2D eigenvalue weighted by molar-refractivity contribution is -0.162. The second kappa shape index (κ2) is 7.37. The predicted octanol–water partition coefficient (Wildman–Crippen LogP) is 3.65. The number of esters is 2. The first-order valence-corrected chi connectivity index (χ1v) is 10.0. The molecule has 1 aliphatic heterocycles. The molecule has 2 aliphatic carbocycles. The zero-order valence-electron chi connectivity index (χ0n) is 17.1. The first-order chi connectivity index (χ1) is 13.1. The highest BCUT2D eigenvalue weighted by Crippen LogP contribution is 2.62. The summed E-state index contributed by atoms with van der Waals surface area (Å²) in [6.07, 6.45) is 6.59. The number of fused-ring (bicyclic) bond motifs is 1. The fraction of sp³-hybridized carbons (Fsp3) is 0.682. The molecule has 0 aromatic heterocycles. The monoisotopic (exact) mass is 390 g/mol. The van der Waals surface area contributed by atoms with Crippen LogP contribution in [-0.2, 0) is 23.9 Å². The Balaban J connectivity index is 1.93. The van der Waals surface area contributed by atoms with Crippen LogP contribution in [0.25, 0.3) is 0 Å². The quantitative estimate of drug-likeness (QED) is 0.569. The van der Waals surface area contributed by atoms with E-state index in [2.05, 4.69) is 20.8 Å². The Morgan fingerprint density at radius 1 is 1.36 bits per heavy atom. The summed E-state index contributed by atoms with van der Waals surface area (Å²) >= 11 is 0. The van der Waals surface area contributed by atoms with Gasteiger partial charge in [-0.2, -0.15) is 0 Å². The van der Waals surface area contributed by atoms with Gasteiger partial charge in [0.2, 0.25) is 0 Å². The van der Waals surface area contributed by atoms with Crippen molar-refractivity contribution in [2.45, 2.75) is 65.9 Å². The fourth-order valence-corrected chi connectivity index (χ4v) is 5.73. The Bertz CT molecular complexity index is 750. The number of allylic oxidation sites excluding steroid dienone is 1. The highest BCUT2D eigenvalue weighted by atomic mass is 16.5. The molecule has 0 spiro atoms. The molecule has 1 N–H and O–H groups in total. The molecule has 154 valence electrons. The van der Waals surface area contributed by atoms with Gasteiger partial charge in [0.15, 0.2) is 0 Å². The molecular weight excluding hydrogens is 360 g/mol. The molecule has 1 saturated carbocycles. The van der Waals surface area contributed by atoms with Crippen LogP contribution in [0.15, 0.2) is 23.3 Å². The fourth-order valence-electron chi connectivity index (χ4n) is 5.73. The molecule has 5 unspecified atom stereocenters. The van der Waals surface area contributed by atoms with Crippen molar-refractivity contribution in [3.05, 3.63) is 23.3 Å². The summed E-state index contributed by atoms with van der Waals surface area (Å²) < 4.78 is 10.5. The summed E-state index contributed by atoms with van der Waals surface area (Å²) in [5.74, 6) is -1.81. The van der Waals surface area contributed by atoms with E-state index in [0.29, 0.717) is 32.3 Å². The molecular formula is C22H30O6. The van der Waals surface area contributed by atoms with Crippen molar-refractivity contribution in [2.75, 3.05) is 6.61 Å². The molecule has 0 radical (unpaired) electrons. The van der Waals surface area contributed by atoms with E-state index in [-0.39, 0.29) is 29.4 Å². The molecule has 0 aromatic rings. The van der Waals surface area contributed by atoms with Crippen LogP contribution in [0.3, 0.4) is 0 Å². The largest absolute Gasteiger partial charge is 0.481 e. The van der Waals surface area contributed by atoms with Crippen LogP contribution >= 0.6 is 0 Å². The average Bonchev–Trinajstić information content (AvgIpc) is 3.00. The van der Waals surface area contributed by atoms with Gasteiger partial charge in [0.05, 0.1) is 5.92 Å². The van der Waals surface area contributed by atoms with E-state index >= 15 is 0 Å². The van der Waals surface area contributed by atoms with Crippen molar-refractivity contribution < 1.29 is 29.0 Å². The van der Waals surface area contributed by atoms with Crippen molar-refractivity contribution in [2.24, 2.45) is 22.7 Å². The second-order valence-electron chi connectivity index (χ2n) is 9.05. The van der Waals surface area contributed by atoms with Gasteiger partial charge in [-0.25, -0.2) is 4.79 Å². The molecule has 5 atom stereocenters. The molecule has 3 aliphatic rings. The van der Waals surface area contributed by atoms with Gasteiger partial charge in [-0.3, -0.25) is 9.59 Å². The molecule has 0 saturated heterocycles. The van der Waals surface area contributed by atoms with Crippen LogP contribution < -0.4 is 0 Å². The minimum Gasteiger partial charge on any atom is -0.481 e. The SMILES string of the molecule is CC(=O)OC1C=C(C)C2(C)CCC(C(=O)O)C(C)(CCC3=CC(=O)OC3)C2C1. The van der Waals surface area contributed by atoms with Gasteiger partial charge in [0.1, 0.15) is 12.7 Å². The lowest BCUT2D eigenvalue weighted by atomic mass is 9.46. The van der Waals surface area contributed by atoms with Gasteiger partial charge in [-0.15, -0.1) is 0 Å². The minimum atomic E-state index is -0.770. The minimum absolute atomic E-state index is 0.0721. The van der Waals surface area contributed by atoms with E-state index in [9.17, 15) is 19.5 Å². The number of carbonyl (C=O) groups excluding carboxylic acids is 2. The van der Waals surface area contributed by atoms with E-state index in [4.69, 9.17) is 9.47 Å². The van der Waals surface area contributed by atoms with E-state index < -0.39 is 17.3 Å². The van der Waals surface area contributed by atoms with Crippen molar-refractivity contribution >= 4 is 17.9 Å². The molecule has 1 heterocycles. The van der Waals surface area contributed by atoms with Crippen molar-refractivity contribution in [1.29, 1.82) is 0 Å². The highest BCUT2D eigenvalue weighted by Gasteiger charge is 2.57. The molecule has 3 rings (SSSR count). The third-order valence-electron chi connectivity index (χ3n) is 7.44. The van der Waals surface area contributed by atoms with Gasteiger partial charge < -0.3 is 14.6 Å². The van der Waals surface area contributed by atoms with E-state index in [1.807, 2.05) is 6.08 Å². The van der Waals surface area contributed by atoms with Crippen LogP contribution in [0, 0.1) is 22.7 Å². The normalized spacial score (nSPS) is 37.4. The average molecular weight is 390 g/mol. The van der Waals surface area contributed by atoms with Crippen LogP contribution in [-0.4, -0.2) is 35.7 Å². The van der Waals surface area contributed by atoms with E-state index in [0.717, 1.165) is 12.0 Å². The van der Waals surface area contributed by atoms with Gasteiger partial charge in [0, 0.05) is 13.0 Å². The number of rotatable bonds is 5. The molecule has 0 aromatic carbocycles. The number of carboxylic acids is 1. The summed E-state index contributed by atoms with van der Waals surface area (Å²) in [5, 5.41) is 9.97. The number of carboxylic acid groups (broad SMARTS) is 1. The van der Waals surface area contributed by atoms with Gasteiger partial charge in [-0.1, -0.05) is 19.4 Å². The Hall–Kier alpha value is -2.11. The summed E-state index contributed by atoms with van der Waals surface area (Å²) in [4.78, 5) is 35.0. The Labute approximate surface area is 166 Å². The van der Waals surface area contributed by atoms with Gasteiger partial charge in [0.25, 0.3) is 0 Å². The molecule has 1 fully saturated rings. The van der Waals surface area contributed by atoms with E-state index in [1.165, 1.54) is 18.6 Å². The van der Waals surface area contributed by atoms with Crippen molar-refractivity contribution in [1.82, 2.24) is 0 Å². The van der Waals surface area contributed by atoms with Crippen LogP contribution in [0.1, 0.15) is 59.8 Å². The Morgan fingerprint density at radius 3 is 2.64 bits per heavy atom. The smallest absolute Gasteiger partial charge is 0.331 e. The van der Waals surface area contributed by atoms with Crippen LogP contribution in [0.5, 0.6) is 0 Å². The molecule has 28 heavy (non-hydrogen) atoms. The molecule has 6 heteroatoms. The third kappa shape index (κ3) is 3.61. The van der Waals surface area contributed by atoms with Crippen LogP contribution in [0.4, 0.5) is 0 Å². The lowest BCUT2D eigenvalue weighted by Crippen LogP contribution is -2.54. The lowest BCUT2D eigenvalue weighted by Gasteiger charge is -2.58. The second-order valence-corrected chi connectivity index (χ2v) is 9.05.